The van der Waals surface area contributed by atoms with Crippen molar-refractivity contribution in [3.05, 3.63) is 59.4 Å². The second kappa shape index (κ2) is 5.97. The Balaban J connectivity index is 2.14. The van der Waals surface area contributed by atoms with Crippen LogP contribution in [-0.4, -0.2) is 23.8 Å². The van der Waals surface area contributed by atoms with Crippen LogP contribution in [-0.2, 0) is 0 Å². The number of carbonyl (C=O) groups excluding carboxylic acids is 2. The number of hydrogen-bond donors (Lipinski definition) is 2. The Hall–Kier alpha value is -2.69. The van der Waals surface area contributed by atoms with Crippen molar-refractivity contribution in [3.63, 3.8) is 0 Å². The van der Waals surface area contributed by atoms with E-state index in [-0.39, 0.29) is 17.5 Å². The minimum Gasteiger partial charge on any atom is -0.354 e. The van der Waals surface area contributed by atoms with Gasteiger partial charge in [-0.25, -0.2) is 0 Å². The highest BCUT2D eigenvalue weighted by atomic mass is 16.2. The molecule has 0 radical (unpaired) electrons. The second-order valence-electron chi connectivity index (χ2n) is 4.28. The molecule has 2 aromatic rings. The van der Waals surface area contributed by atoms with Gasteiger partial charge in [0.2, 0.25) is 0 Å². The molecule has 0 aliphatic rings. The third-order valence-electron chi connectivity index (χ3n) is 2.88. The van der Waals surface area contributed by atoms with Crippen LogP contribution in [0.3, 0.4) is 0 Å². The maximum Gasteiger partial charge on any atom is 0.269 e. The van der Waals surface area contributed by atoms with E-state index in [9.17, 15) is 9.59 Å². The number of aromatic nitrogens is 1. The molecule has 1 aromatic heterocycles. The summed E-state index contributed by atoms with van der Waals surface area (Å²) in [5, 5.41) is 5.28. The molecule has 2 amide bonds. The van der Waals surface area contributed by atoms with Crippen LogP contribution in [0.25, 0.3) is 0 Å². The van der Waals surface area contributed by atoms with Crippen molar-refractivity contribution in [2.45, 2.75) is 6.92 Å². The Morgan fingerprint density at radius 3 is 2.40 bits per heavy atom. The molecule has 0 saturated heterocycles. The van der Waals surface area contributed by atoms with Crippen LogP contribution in [0, 0.1) is 6.92 Å². The monoisotopic (exact) mass is 269 g/mol. The van der Waals surface area contributed by atoms with Crippen LogP contribution < -0.4 is 10.6 Å². The SMILES string of the molecule is CNC(=O)c1ccc(C(=O)Nc2ccccc2C)cn1. The lowest BCUT2D eigenvalue weighted by atomic mass is 10.2. The van der Waals surface area contributed by atoms with E-state index in [1.807, 2.05) is 31.2 Å². The van der Waals surface area contributed by atoms with Crippen LogP contribution in [0.15, 0.2) is 42.6 Å². The molecule has 1 heterocycles. The fourth-order valence-electron chi connectivity index (χ4n) is 1.70. The number of carbonyl (C=O) groups is 2. The smallest absolute Gasteiger partial charge is 0.269 e. The first-order valence-electron chi connectivity index (χ1n) is 6.17. The van der Waals surface area contributed by atoms with Gasteiger partial charge in [0, 0.05) is 18.9 Å². The minimum absolute atomic E-state index is 0.254. The van der Waals surface area contributed by atoms with E-state index in [4.69, 9.17) is 0 Å². The molecule has 102 valence electrons. The number of rotatable bonds is 3. The number of amides is 2. The van der Waals surface area contributed by atoms with Gasteiger partial charge in [0.15, 0.2) is 0 Å². The summed E-state index contributed by atoms with van der Waals surface area (Å²) in [4.78, 5) is 27.4. The van der Waals surface area contributed by atoms with Crippen molar-refractivity contribution in [2.75, 3.05) is 12.4 Å². The largest absolute Gasteiger partial charge is 0.354 e. The van der Waals surface area contributed by atoms with Crippen molar-refractivity contribution in [2.24, 2.45) is 0 Å². The number of nitrogens with zero attached hydrogens (tertiary/aromatic N) is 1. The Bertz CT molecular complexity index is 636. The summed E-state index contributed by atoms with van der Waals surface area (Å²) in [5.41, 5.74) is 2.42. The third kappa shape index (κ3) is 3.00. The molecule has 20 heavy (non-hydrogen) atoms. The summed E-state index contributed by atoms with van der Waals surface area (Å²) in [6.07, 6.45) is 1.39. The molecular weight excluding hydrogens is 254 g/mol. The Morgan fingerprint density at radius 2 is 1.80 bits per heavy atom. The molecule has 0 fully saturated rings. The maximum absolute atomic E-state index is 12.1. The van der Waals surface area contributed by atoms with Gasteiger partial charge in [-0.2, -0.15) is 0 Å². The molecule has 5 nitrogen and oxygen atoms in total. The van der Waals surface area contributed by atoms with E-state index in [1.54, 1.807) is 6.07 Å². The lowest BCUT2D eigenvalue weighted by Gasteiger charge is -2.08. The normalized spacial score (nSPS) is 9.90. The number of aryl methyl sites for hydroxylation is 1. The van der Waals surface area contributed by atoms with Crippen molar-refractivity contribution in [3.8, 4) is 0 Å². The molecule has 5 heteroatoms. The van der Waals surface area contributed by atoms with Gasteiger partial charge < -0.3 is 10.6 Å². The molecule has 0 aliphatic heterocycles. The molecule has 0 atom stereocenters. The fourth-order valence-corrected chi connectivity index (χ4v) is 1.70. The average molecular weight is 269 g/mol. The lowest BCUT2D eigenvalue weighted by Crippen LogP contribution is -2.20. The number of para-hydroxylation sites is 1. The fraction of sp³-hybridized carbons (Fsp3) is 0.133. The van der Waals surface area contributed by atoms with Gasteiger partial charge in [-0.1, -0.05) is 18.2 Å². The van der Waals surface area contributed by atoms with Gasteiger partial charge in [-0.15, -0.1) is 0 Å². The summed E-state index contributed by atoms with van der Waals surface area (Å²) >= 11 is 0. The highest BCUT2D eigenvalue weighted by molar-refractivity contribution is 6.04. The Kier molecular flexibility index (Phi) is 4.10. The highest BCUT2D eigenvalue weighted by Gasteiger charge is 2.10. The summed E-state index contributed by atoms with van der Waals surface area (Å²) in [6.45, 7) is 1.92. The third-order valence-corrected chi connectivity index (χ3v) is 2.88. The maximum atomic E-state index is 12.1. The zero-order valence-corrected chi connectivity index (χ0v) is 11.3. The van der Waals surface area contributed by atoms with Crippen LogP contribution in [0.2, 0.25) is 0 Å². The van der Waals surface area contributed by atoms with Crippen LogP contribution in [0.5, 0.6) is 0 Å². The van der Waals surface area contributed by atoms with E-state index in [0.717, 1.165) is 11.3 Å². The van der Waals surface area contributed by atoms with E-state index in [2.05, 4.69) is 15.6 Å². The van der Waals surface area contributed by atoms with Crippen LogP contribution in [0.1, 0.15) is 26.4 Å². The molecule has 1 aromatic carbocycles. The molecule has 0 spiro atoms. The van der Waals surface area contributed by atoms with Gasteiger partial charge >= 0.3 is 0 Å². The molecule has 2 N–H and O–H groups in total. The topological polar surface area (TPSA) is 71.1 Å². The molecule has 2 rings (SSSR count). The predicted molar refractivity (Wildman–Crippen MR) is 76.8 cm³/mol. The number of nitrogens with one attached hydrogen (secondary N) is 2. The molecular formula is C15H15N3O2. The predicted octanol–water partition coefficient (Wildman–Crippen LogP) is 2.00. The zero-order chi connectivity index (χ0) is 14.5. The minimum atomic E-state index is -0.282. The van der Waals surface area contributed by atoms with Gasteiger partial charge in [0.05, 0.1) is 5.56 Å². The van der Waals surface area contributed by atoms with E-state index in [1.165, 1.54) is 19.3 Å². The molecule has 0 saturated carbocycles. The standard InChI is InChI=1S/C15H15N3O2/c1-10-5-3-4-6-12(10)18-14(19)11-7-8-13(17-9-11)15(20)16-2/h3-9H,1-2H3,(H,16,20)(H,18,19). The first kappa shape index (κ1) is 13.7. The number of hydrogen-bond acceptors (Lipinski definition) is 3. The van der Waals surface area contributed by atoms with Crippen molar-refractivity contribution < 1.29 is 9.59 Å². The Morgan fingerprint density at radius 1 is 1.05 bits per heavy atom. The zero-order valence-electron chi connectivity index (χ0n) is 11.3. The first-order chi connectivity index (χ1) is 9.61. The van der Waals surface area contributed by atoms with Gasteiger partial charge in [0.1, 0.15) is 5.69 Å². The number of pyridine rings is 1. The molecule has 0 unspecified atom stereocenters. The van der Waals surface area contributed by atoms with E-state index in [0.29, 0.717) is 5.56 Å². The van der Waals surface area contributed by atoms with Crippen LogP contribution in [0.4, 0.5) is 5.69 Å². The number of anilines is 1. The average Bonchev–Trinajstić information content (AvgIpc) is 2.49. The van der Waals surface area contributed by atoms with E-state index >= 15 is 0 Å². The summed E-state index contributed by atoms with van der Waals surface area (Å²) in [6, 6.07) is 10.6. The van der Waals surface area contributed by atoms with Gasteiger partial charge in [-0.05, 0) is 30.7 Å². The first-order valence-corrected chi connectivity index (χ1v) is 6.17. The van der Waals surface area contributed by atoms with Crippen molar-refractivity contribution in [1.82, 2.24) is 10.3 Å². The second-order valence-corrected chi connectivity index (χ2v) is 4.28. The van der Waals surface area contributed by atoms with Gasteiger partial charge in [-0.3, -0.25) is 14.6 Å². The quantitative estimate of drug-likeness (QED) is 0.895. The lowest BCUT2D eigenvalue weighted by molar-refractivity contribution is 0.0955. The highest BCUT2D eigenvalue weighted by Crippen LogP contribution is 2.14. The summed E-state index contributed by atoms with van der Waals surface area (Å²) in [5.74, 6) is -0.536. The van der Waals surface area contributed by atoms with Crippen LogP contribution >= 0.6 is 0 Å². The number of benzene rings is 1. The summed E-state index contributed by atoms with van der Waals surface area (Å²) < 4.78 is 0. The van der Waals surface area contributed by atoms with Crippen molar-refractivity contribution in [1.29, 1.82) is 0 Å². The summed E-state index contributed by atoms with van der Waals surface area (Å²) in [7, 11) is 1.53. The van der Waals surface area contributed by atoms with Gasteiger partial charge in [0.25, 0.3) is 11.8 Å². The van der Waals surface area contributed by atoms with Crippen molar-refractivity contribution >= 4 is 17.5 Å². The molecule has 0 bridgehead atoms. The Labute approximate surface area is 117 Å². The van der Waals surface area contributed by atoms with E-state index < -0.39 is 0 Å². The molecule has 0 aliphatic carbocycles.